The van der Waals surface area contributed by atoms with Gasteiger partial charge in [0.25, 0.3) is 0 Å². The number of aryl methyl sites for hydroxylation is 1. The van der Waals surface area contributed by atoms with E-state index in [0.29, 0.717) is 6.54 Å². The summed E-state index contributed by atoms with van der Waals surface area (Å²) in [5.74, 6) is 0.109. The van der Waals surface area contributed by atoms with Crippen molar-refractivity contribution in [3.63, 3.8) is 0 Å². The van der Waals surface area contributed by atoms with Crippen molar-refractivity contribution < 1.29 is 4.79 Å². The molecule has 4 heteroatoms. The summed E-state index contributed by atoms with van der Waals surface area (Å²) < 4.78 is 0. The van der Waals surface area contributed by atoms with Gasteiger partial charge in [0.15, 0.2) is 0 Å². The van der Waals surface area contributed by atoms with Gasteiger partial charge in [-0.1, -0.05) is 72.3 Å². The van der Waals surface area contributed by atoms with E-state index in [0.717, 1.165) is 38.3 Å². The molecule has 0 saturated carbocycles. The summed E-state index contributed by atoms with van der Waals surface area (Å²) in [7, 11) is 0. The zero-order valence-corrected chi connectivity index (χ0v) is 17.0. The third-order valence-corrected chi connectivity index (χ3v) is 5.39. The van der Waals surface area contributed by atoms with Crippen molar-refractivity contribution in [2.75, 3.05) is 32.7 Å². The third kappa shape index (κ3) is 6.04. The summed E-state index contributed by atoms with van der Waals surface area (Å²) in [4.78, 5) is 17.2. The molecule has 1 amide bonds. The summed E-state index contributed by atoms with van der Waals surface area (Å²) >= 11 is 0. The Balaban J connectivity index is 1.39. The minimum atomic E-state index is -0.0903. The average Bonchev–Trinajstić information content (AvgIpc) is 2.74. The molecule has 28 heavy (non-hydrogen) atoms. The Morgan fingerprint density at radius 1 is 1.04 bits per heavy atom. The Labute approximate surface area is 168 Å². The molecule has 1 heterocycles. The zero-order valence-electron chi connectivity index (χ0n) is 17.0. The van der Waals surface area contributed by atoms with Crippen LogP contribution in [0.25, 0.3) is 6.08 Å². The Morgan fingerprint density at radius 3 is 2.39 bits per heavy atom. The number of hydrogen-bond acceptors (Lipinski definition) is 3. The first-order valence-electron chi connectivity index (χ1n) is 10.1. The molecule has 1 aliphatic rings. The Morgan fingerprint density at radius 2 is 1.71 bits per heavy atom. The lowest BCUT2D eigenvalue weighted by atomic mass is 10.1. The molecule has 1 aliphatic heterocycles. The van der Waals surface area contributed by atoms with E-state index in [4.69, 9.17) is 0 Å². The number of piperazine rings is 1. The van der Waals surface area contributed by atoms with Gasteiger partial charge in [0.1, 0.15) is 0 Å². The highest BCUT2D eigenvalue weighted by atomic mass is 16.2. The standard InChI is InChI=1S/C24H31N3O/c1-20-10-12-23(13-11-20)19-25-24(28)21(2)27-17-15-26(16-18-27)14-6-9-22-7-4-3-5-8-22/h3-13,21H,14-19H2,1-2H3,(H,25,28)/b9-6+/t21-/m0/s1. The fourth-order valence-corrected chi connectivity index (χ4v) is 3.44. The van der Waals surface area contributed by atoms with E-state index >= 15 is 0 Å². The van der Waals surface area contributed by atoms with E-state index < -0.39 is 0 Å². The maximum atomic E-state index is 12.5. The molecule has 148 valence electrons. The number of nitrogens with zero attached hydrogens (tertiary/aromatic N) is 2. The molecule has 0 aromatic heterocycles. The fourth-order valence-electron chi connectivity index (χ4n) is 3.44. The first kappa shape index (κ1) is 20.3. The topological polar surface area (TPSA) is 35.6 Å². The van der Waals surface area contributed by atoms with Crippen LogP contribution < -0.4 is 5.32 Å². The van der Waals surface area contributed by atoms with Crippen LogP contribution in [-0.4, -0.2) is 54.5 Å². The molecule has 1 saturated heterocycles. The smallest absolute Gasteiger partial charge is 0.237 e. The van der Waals surface area contributed by atoms with Crippen molar-refractivity contribution in [1.82, 2.24) is 15.1 Å². The molecule has 1 N–H and O–H groups in total. The van der Waals surface area contributed by atoms with E-state index in [9.17, 15) is 4.79 Å². The SMILES string of the molecule is Cc1ccc(CNC(=O)[C@H](C)N2CCN(C/C=C/c3ccccc3)CC2)cc1. The molecule has 1 fully saturated rings. The molecule has 1 atom stereocenters. The van der Waals surface area contributed by atoms with Gasteiger partial charge < -0.3 is 5.32 Å². The van der Waals surface area contributed by atoms with Crippen molar-refractivity contribution in [2.24, 2.45) is 0 Å². The predicted molar refractivity (Wildman–Crippen MR) is 116 cm³/mol. The minimum absolute atomic E-state index is 0.0903. The summed E-state index contributed by atoms with van der Waals surface area (Å²) in [6, 6.07) is 18.6. The summed E-state index contributed by atoms with van der Waals surface area (Å²) in [5.41, 5.74) is 3.61. The van der Waals surface area contributed by atoms with Crippen molar-refractivity contribution in [2.45, 2.75) is 26.4 Å². The van der Waals surface area contributed by atoms with Crippen LogP contribution in [0.5, 0.6) is 0 Å². The molecule has 0 aliphatic carbocycles. The lowest BCUT2D eigenvalue weighted by molar-refractivity contribution is -0.126. The van der Waals surface area contributed by atoms with Gasteiger partial charge in [0, 0.05) is 39.3 Å². The zero-order chi connectivity index (χ0) is 19.8. The first-order valence-corrected chi connectivity index (χ1v) is 10.1. The predicted octanol–water partition coefficient (Wildman–Crippen LogP) is 3.33. The summed E-state index contributed by atoms with van der Waals surface area (Å²) in [6.45, 7) is 9.47. The van der Waals surface area contributed by atoms with Crippen LogP contribution in [0.2, 0.25) is 0 Å². The molecule has 2 aromatic carbocycles. The second kappa shape index (κ2) is 10.2. The van der Waals surface area contributed by atoms with Gasteiger partial charge in [0.2, 0.25) is 5.91 Å². The third-order valence-electron chi connectivity index (χ3n) is 5.39. The number of benzene rings is 2. The Bertz CT molecular complexity index is 762. The minimum Gasteiger partial charge on any atom is -0.351 e. The number of hydrogen-bond donors (Lipinski definition) is 1. The van der Waals surface area contributed by atoms with Crippen LogP contribution in [-0.2, 0) is 11.3 Å². The highest BCUT2D eigenvalue weighted by Gasteiger charge is 2.24. The van der Waals surface area contributed by atoms with Gasteiger partial charge in [-0.05, 0) is 25.0 Å². The Hall–Kier alpha value is -2.43. The quantitative estimate of drug-likeness (QED) is 0.804. The van der Waals surface area contributed by atoms with Crippen LogP contribution in [0.3, 0.4) is 0 Å². The lowest BCUT2D eigenvalue weighted by Crippen LogP contribution is -2.53. The second-order valence-electron chi connectivity index (χ2n) is 7.53. The average molecular weight is 378 g/mol. The van der Waals surface area contributed by atoms with Crippen molar-refractivity contribution in [3.8, 4) is 0 Å². The van der Waals surface area contributed by atoms with Crippen LogP contribution in [0.15, 0.2) is 60.7 Å². The lowest BCUT2D eigenvalue weighted by Gasteiger charge is -2.37. The van der Waals surface area contributed by atoms with Crippen molar-refractivity contribution in [1.29, 1.82) is 0 Å². The van der Waals surface area contributed by atoms with Crippen LogP contribution in [0, 0.1) is 6.92 Å². The number of carbonyl (C=O) groups excluding carboxylic acids is 1. The van der Waals surface area contributed by atoms with Gasteiger partial charge in [-0.3, -0.25) is 14.6 Å². The monoisotopic (exact) mass is 377 g/mol. The number of amides is 1. The van der Waals surface area contributed by atoms with E-state index in [1.807, 2.05) is 13.0 Å². The molecule has 0 spiro atoms. The number of nitrogens with one attached hydrogen (secondary N) is 1. The molecular weight excluding hydrogens is 346 g/mol. The highest BCUT2D eigenvalue weighted by Crippen LogP contribution is 2.09. The van der Waals surface area contributed by atoms with Gasteiger partial charge in [-0.25, -0.2) is 0 Å². The fraction of sp³-hybridized carbons (Fsp3) is 0.375. The number of rotatable bonds is 7. The van der Waals surface area contributed by atoms with Gasteiger partial charge in [0.05, 0.1) is 6.04 Å². The van der Waals surface area contributed by atoms with Crippen molar-refractivity contribution >= 4 is 12.0 Å². The van der Waals surface area contributed by atoms with E-state index in [1.54, 1.807) is 0 Å². The molecular formula is C24H31N3O. The maximum absolute atomic E-state index is 12.5. The first-order chi connectivity index (χ1) is 13.6. The van der Waals surface area contributed by atoms with Gasteiger partial charge in [-0.2, -0.15) is 0 Å². The molecule has 4 nitrogen and oxygen atoms in total. The van der Waals surface area contributed by atoms with Gasteiger partial charge >= 0.3 is 0 Å². The summed E-state index contributed by atoms with van der Waals surface area (Å²) in [6.07, 6.45) is 4.40. The van der Waals surface area contributed by atoms with E-state index in [1.165, 1.54) is 11.1 Å². The van der Waals surface area contributed by atoms with Crippen LogP contribution >= 0.6 is 0 Å². The molecule has 3 rings (SSSR count). The molecule has 0 radical (unpaired) electrons. The largest absolute Gasteiger partial charge is 0.351 e. The molecule has 0 bridgehead atoms. The normalized spacial score (nSPS) is 16.9. The molecule has 0 unspecified atom stereocenters. The highest BCUT2D eigenvalue weighted by molar-refractivity contribution is 5.81. The van der Waals surface area contributed by atoms with Gasteiger partial charge in [-0.15, -0.1) is 0 Å². The van der Waals surface area contributed by atoms with E-state index in [2.05, 4.69) is 82.7 Å². The maximum Gasteiger partial charge on any atom is 0.237 e. The summed E-state index contributed by atoms with van der Waals surface area (Å²) in [5, 5.41) is 3.07. The van der Waals surface area contributed by atoms with Crippen molar-refractivity contribution in [3.05, 3.63) is 77.4 Å². The van der Waals surface area contributed by atoms with Crippen LogP contribution in [0.1, 0.15) is 23.6 Å². The van der Waals surface area contributed by atoms with Crippen LogP contribution in [0.4, 0.5) is 0 Å². The number of carbonyl (C=O) groups is 1. The van der Waals surface area contributed by atoms with E-state index in [-0.39, 0.29) is 11.9 Å². The second-order valence-corrected chi connectivity index (χ2v) is 7.53. The molecule has 2 aromatic rings. The Kier molecular flexibility index (Phi) is 7.40.